The quantitative estimate of drug-likeness (QED) is 0.454. The monoisotopic (exact) mass is 415 g/mol. The maximum atomic E-state index is 12.3. The van der Waals surface area contributed by atoms with Crippen molar-refractivity contribution in [2.24, 2.45) is 0 Å². The highest BCUT2D eigenvalue weighted by atomic mass is 32.1. The molecule has 0 spiro atoms. The zero-order valence-electron chi connectivity index (χ0n) is 16.7. The second-order valence-electron chi connectivity index (χ2n) is 6.43. The Balaban J connectivity index is 1.92. The Morgan fingerprint density at radius 2 is 1.76 bits per heavy atom. The summed E-state index contributed by atoms with van der Waals surface area (Å²) in [6.07, 6.45) is 0.0595. The van der Waals surface area contributed by atoms with E-state index >= 15 is 0 Å². The molecule has 2 amide bonds. The van der Waals surface area contributed by atoms with Gasteiger partial charge in [-0.05, 0) is 68.5 Å². The first-order valence-electron chi connectivity index (χ1n) is 9.15. The van der Waals surface area contributed by atoms with Gasteiger partial charge >= 0.3 is 0 Å². The third-order valence-electron chi connectivity index (χ3n) is 3.69. The molecule has 8 heteroatoms. The van der Waals surface area contributed by atoms with Crippen LogP contribution >= 0.6 is 12.2 Å². The molecular formula is C21H25N3O4S. The zero-order chi connectivity index (χ0) is 21.2. The summed E-state index contributed by atoms with van der Waals surface area (Å²) >= 11 is 5.20. The molecule has 0 aliphatic heterocycles. The predicted octanol–water partition coefficient (Wildman–Crippen LogP) is 2.98. The lowest BCUT2D eigenvalue weighted by Crippen LogP contribution is -2.34. The Hall–Kier alpha value is -2.97. The third-order valence-corrected chi connectivity index (χ3v) is 3.89. The van der Waals surface area contributed by atoms with Crippen LogP contribution in [0.1, 0.15) is 34.6 Å². The Labute approximate surface area is 175 Å². The van der Waals surface area contributed by atoms with Crippen LogP contribution in [0.4, 0.5) is 5.69 Å². The highest BCUT2D eigenvalue weighted by Crippen LogP contribution is 2.14. The molecule has 0 heterocycles. The molecule has 3 N–H and O–H groups in total. The van der Waals surface area contributed by atoms with Gasteiger partial charge in [0, 0.05) is 30.5 Å². The smallest absolute Gasteiger partial charge is 0.257 e. The number of ether oxygens (including phenoxy) is 2. The molecule has 0 saturated carbocycles. The van der Waals surface area contributed by atoms with Crippen LogP contribution in [0.3, 0.4) is 0 Å². The Bertz CT molecular complexity index is 853. The summed E-state index contributed by atoms with van der Waals surface area (Å²) < 4.78 is 10.5. The molecule has 2 rings (SSSR count). The number of carbonyl (C=O) groups is 2. The first kappa shape index (κ1) is 22.3. The lowest BCUT2D eigenvalue weighted by atomic mass is 10.2. The van der Waals surface area contributed by atoms with Gasteiger partial charge in [0.05, 0.1) is 12.7 Å². The minimum absolute atomic E-state index is 0.0595. The summed E-state index contributed by atoms with van der Waals surface area (Å²) in [5.41, 5.74) is 1.52. The van der Waals surface area contributed by atoms with Crippen molar-refractivity contribution in [1.82, 2.24) is 10.6 Å². The summed E-state index contributed by atoms with van der Waals surface area (Å²) in [4.78, 5) is 24.5. The van der Waals surface area contributed by atoms with E-state index in [0.717, 1.165) is 0 Å². The van der Waals surface area contributed by atoms with Crippen LogP contribution in [0.2, 0.25) is 0 Å². The van der Waals surface area contributed by atoms with Gasteiger partial charge in [-0.15, -0.1) is 0 Å². The number of nitrogens with one attached hydrogen (secondary N) is 3. The minimum Gasteiger partial charge on any atom is -0.491 e. The first-order valence-corrected chi connectivity index (χ1v) is 9.56. The number of carbonyl (C=O) groups excluding carboxylic acids is 2. The van der Waals surface area contributed by atoms with Crippen LogP contribution in [0, 0.1) is 0 Å². The number of rotatable bonds is 8. The predicted molar refractivity (Wildman–Crippen MR) is 117 cm³/mol. The second kappa shape index (κ2) is 11.1. The number of amides is 2. The molecule has 0 bridgehead atoms. The van der Waals surface area contributed by atoms with E-state index in [2.05, 4.69) is 16.0 Å². The standard InChI is InChI=1S/C21H25N3O4S/c1-14(2)28-18-9-7-15(8-10-18)20(26)24-21(29)23-17-6-4-5-16(13-17)19(25)22-11-12-27-3/h4-10,13-14H,11-12H2,1-3H3,(H,22,25)(H2,23,24,26,29). The van der Waals surface area contributed by atoms with E-state index in [0.29, 0.717) is 35.7 Å². The van der Waals surface area contributed by atoms with Gasteiger partial charge in [-0.3, -0.25) is 14.9 Å². The highest BCUT2D eigenvalue weighted by Gasteiger charge is 2.10. The zero-order valence-corrected chi connectivity index (χ0v) is 17.5. The molecule has 154 valence electrons. The van der Waals surface area contributed by atoms with Crippen LogP contribution in [-0.4, -0.2) is 43.3 Å². The fourth-order valence-corrected chi connectivity index (χ4v) is 2.61. The molecule has 0 aliphatic carbocycles. The fourth-order valence-electron chi connectivity index (χ4n) is 2.40. The van der Waals surface area contributed by atoms with Gasteiger partial charge in [0.2, 0.25) is 0 Å². The molecule has 2 aromatic carbocycles. The maximum absolute atomic E-state index is 12.3. The molecule has 0 saturated heterocycles. The number of thiocarbonyl (C=S) groups is 1. The molecule has 7 nitrogen and oxygen atoms in total. The van der Waals surface area contributed by atoms with Crippen molar-refractivity contribution in [1.29, 1.82) is 0 Å². The van der Waals surface area contributed by atoms with Gasteiger partial charge in [0.25, 0.3) is 11.8 Å². The number of hydrogen-bond donors (Lipinski definition) is 3. The maximum Gasteiger partial charge on any atom is 0.257 e. The highest BCUT2D eigenvalue weighted by molar-refractivity contribution is 7.80. The summed E-state index contributed by atoms with van der Waals surface area (Å²) in [6.45, 7) is 4.72. The largest absolute Gasteiger partial charge is 0.491 e. The molecule has 0 aromatic heterocycles. The lowest BCUT2D eigenvalue weighted by Gasteiger charge is -2.12. The van der Waals surface area contributed by atoms with E-state index in [4.69, 9.17) is 21.7 Å². The molecule has 29 heavy (non-hydrogen) atoms. The number of benzene rings is 2. The van der Waals surface area contributed by atoms with Crippen molar-refractivity contribution < 1.29 is 19.1 Å². The minimum atomic E-state index is -0.341. The molecule has 2 aromatic rings. The van der Waals surface area contributed by atoms with Crippen molar-refractivity contribution >= 4 is 34.8 Å². The van der Waals surface area contributed by atoms with E-state index in [1.54, 1.807) is 55.6 Å². The van der Waals surface area contributed by atoms with Crippen molar-refractivity contribution in [3.05, 3.63) is 59.7 Å². The summed E-state index contributed by atoms with van der Waals surface area (Å²) in [5, 5.41) is 8.41. The topological polar surface area (TPSA) is 88.7 Å². The van der Waals surface area contributed by atoms with Crippen molar-refractivity contribution in [3.63, 3.8) is 0 Å². The Morgan fingerprint density at radius 3 is 2.41 bits per heavy atom. The van der Waals surface area contributed by atoms with Crippen LogP contribution in [-0.2, 0) is 4.74 Å². The summed E-state index contributed by atoms with van der Waals surface area (Å²) in [6, 6.07) is 13.6. The molecule has 0 fully saturated rings. The van der Waals surface area contributed by atoms with Crippen LogP contribution in [0.25, 0.3) is 0 Å². The van der Waals surface area contributed by atoms with E-state index < -0.39 is 0 Å². The average molecular weight is 416 g/mol. The van der Waals surface area contributed by atoms with Crippen LogP contribution < -0.4 is 20.7 Å². The van der Waals surface area contributed by atoms with E-state index in [1.165, 1.54) is 0 Å². The number of methoxy groups -OCH3 is 1. The molecule has 0 unspecified atom stereocenters. The van der Waals surface area contributed by atoms with Gasteiger partial charge in [-0.2, -0.15) is 0 Å². The SMILES string of the molecule is COCCNC(=O)c1cccc(NC(=S)NC(=O)c2ccc(OC(C)C)cc2)c1. The molecule has 0 aliphatic rings. The third kappa shape index (κ3) is 7.52. The molecule has 0 radical (unpaired) electrons. The van der Waals surface area contributed by atoms with Gasteiger partial charge in [0.1, 0.15) is 5.75 Å². The van der Waals surface area contributed by atoms with Gasteiger partial charge in [-0.1, -0.05) is 6.07 Å². The van der Waals surface area contributed by atoms with E-state index in [1.807, 2.05) is 13.8 Å². The van der Waals surface area contributed by atoms with Crippen LogP contribution in [0.15, 0.2) is 48.5 Å². The average Bonchev–Trinajstić information content (AvgIpc) is 2.68. The van der Waals surface area contributed by atoms with E-state index in [9.17, 15) is 9.59 Å². The fraction of sp³-hybridized carbons (Fsp3) is 0.286. The summed E-state index contributed by atoms with van der Waals surface area (Å²) in [5.74, 6) is 0.134. The lowest BCUT2D eigenvalue weighted by molar-refractivity contribution is 0.0935. The summed E-state index contributed by atoms with van der Waals surface area (Å²) in [7, 11) is 1.57. The molecular weight excluding hydrogens is 390 g/mol. The number of hydrogen-bond acceptors (Lipinski definition) is 5. The van der Waals surface area contributed by atoms with Gasteiger partial charge in [-0.25, -0.2) is 0 Å². The Morgan fingerprint density at radius 1 is 1.03 bits per heavy atom. The van der Waals surface area contributed by atoms with Crippen molar-refractivity contribution in [3.8, 4) is 5.75 Å². The van der Waals surface area contributed by atoms with Gasteiger partial charge in [0.15, 0.2) is 5.11 Å². The Kier molecular flexibility index (Phi) is 8.57. The van der Waals surface area contributed by atoms with Crippen molar-refractivity contribution in [2.45, 2.75) is 20.0 Å². The number of anilines is 1. The second-order valence-corrected chi connectivity index (χ2v) is 6.84. The van der Waals surface area contributed by atoms with Crippen LogP contribution in [0.5, 0.6) is 5.75 Å². The molecule has 0 atom stereocenters. The van der Waals surface area contributed by atoms with Gasteiger partial charge < -0.3 is 20.1 Å². The first-order chi connectivity index (χ1) is 13.9. The normalized spacial score (nSPS) is 10.3. The van der Waals surface area contributed by atoms with E-state index in [-0.39, 0.29) is 23.0 Å². The van der Waals surface area contributed by atoms with Crippen molar-refractivity contribution in [2.75, 3.05) is 25.6 Å².